The van der Waals surface area contributed by atoms with E-state index in [1.807, 2.05) is 4.98 Å². The molecule has 2 rings (SSSR count). The summed E-state index contributed by atoms with van der Waals surface area (Å²) in [7, 11) is 0. The Morgan fingerprint density at radius 3 is 2.59 bits per heavy atom. The molecule has 4 N–H and O–H groups in total. The molecule has 114 valence electrons. The van der Waals surface area contributed by atoms with Crippen LogP contribution in [0.25, 0.3) is 0 Å². The van der Waals surface area contributed by atoms with Crippen molar-refractivity contribution in [3.05, 3.63) is 56.9 Å². The van der Waals surface area contributed by atoms with Crippen LogP contribution in [0.15, 0.2) is 39.9 Å². The Morgan fingerprint density at radius 1 is 1.18 bits per heavy atom. The summed E-state index contributed by atoms with van der Waals surface area (Å²) >= 11 is 0. The van der Waals surface area contributed by atoms with Gasteiger partial charge in [-0.15, -0.1) is 0 Å². The maximum atomic E-state index is 12.0. The number of carbonyl (C=O) groups excluding carboxylic acids is 1. The van der Waals surface area contributed by atoms with Crippen LogP contribution in [-0.2, 0) is 4.79 Å². The van der Waals surface area contributed by atoms with Gasteiger partial charge in [0.25, 0.3) is 11.5 Å². The van der Waals surface area contributed by atoms with E-state index in [0.29, 0.717) is 0 Å². The maximum absolute atomic E-state index is 12.0. The van der Waals surface area contributed by atoms with Crippen molar-refractivity contribution >= 4 is 17.6 Å². The van der Waals surface area contributed by atoms with Gasteiger partial charge in [-0.25, -0.2) is 9.59 Å². The van der Waals surface area contributed by atoms with Crippen LogP contribution in [0.5, 0.6) is 5.75 Å². The van der Waals surface area contributed by atoms with Gasteiger partial charge in [0.05, 0.1) is 5.69 Å². The van der Waals surface area contributed by atoms with Gasteiger partial charge in [-0.05, 0) is 12.1 Å². The van der Waals surface area contributed by atoms with E-state index in [1.54, 1.807) is 12.1 Å². The van der Waals surface area contributed by atoms with Crippen LogP contribution < -0.4 is 21.3 Å². The van der Waals surface area contributed by atoms with Gasteiger partial charge in [-0.2, -0.15) is 0 Å². The average molecular weight is 305 g/mol. The third-order valence-electron chi connectivity index (χ3n) is 2.49. The van der Waals surface area contributed by atoms with E-state index < -0.39 is 29.7 Å². The van der Waals surface area contributed by atoms with Crippen LogP contribution >= 0.6 is 0 Å². The number of aromatic nitrogens is 2. The molecule has 0 atom stereocenters. The van der Waals surface area contributed by atoms with Crippen molar-refractivity contribution in [3.8, 4) is 5.75 Å². The van der Waals surface area contributed by atoms with Crippen molar-refractivity contribution in [1.29, 1.82) is 0 Å². The second-order valence-electron chi connectivity index (χ2n) is 4.13. The molecule has 0 aliphatic heterocycles. The highest BCUT2D eigenvalue weighted by atomic mass is 16.5. The fraction of sp³-hybridized carbons (Fsp3) is 0.0769. The van der Waals surface area contributed by atoms with E-state index in [0.717, 1.165) is 6.07 Å². The van der Waals surface area contributed by atoms with Crippen molar-refractivity contribution in [2.45, 2.75) is 0 Å². The molecule has 2 aromatic rings. The number of hydrogen-bond acceptors (Lipinski definition) is 5. The normalized spacial score (nSPS) is 10.0. The Hall–Kier alpha value is -3.36. The molecule has 0 radical (unpaired) electrons. The molecule has 0 spiro atoms. The summed E-state index contributed by atoms with van der Waals surface area (Å²) in [6.07, 6.45) is 0. The minimum absolute atomic E-state index is 0.144. The van der Waals surface area contributed by atoms with E-state index in [-0.39, 0.29) is 17.1 Å². The minimum Gasteiger partial charge on any atom is -0.480 e. The lowest BCUT2D eigenvalue weighted by Crippen LogP contribution is -2.27. The molecule has 1 amide bonds. The van der Waals surface area contributed by atoms with Crippen LogP contribution in [0.1, 0.15) is 10.5 Å². The number of para-hydroxylation sites is 2. The van der Waals surface area contributed by atoms with E-state index in [4.69, 9.17) is 9.84 Å². The Balaban J connectivity index is 2.23. The molecule has 0 saturated carbocycles. The van der Waals surface area contributed by atoms with Crippen molar-refractivity contribution in [1.82, 2.24) is 9.97 Å². The van der Waals surface area contributed by atoms with E-state index in [9.17, 15) is 19.2 Å². The largest absolute Gasteiger partial charge is 0.480 e. The second kappa shape index (κ2) is 6.39. The Kier molecular flexibility index (Phi) is 4.37. The third-order valence-corrected chi connectivity index (χ3v) is 2.49. The zero-order valence-electron chi connectivity index (χ0n) is 11.1. The van der Waals surface area contributed by atoms with Crippen molar-refractivity contribution < 1.29 is 19.4 Å². The highest BCUT2D eigenvalue weighted by Crippen LogP contribution is 2.23. The number of anilines is 1. The monoisotopic (exact) mass is 305 g/mol. The number of nitrogens with one attached hydrogen (secondary N) is 3. The number of carboxylic acids is 1. The summed E-state index contributed by atoms with van der Waals surface area (Å²) in [5.41, 5.74) is -1.56. The van der Waals surface area contributed by atoms with Gasteiger partial charge < -0.3 is 20.1 Å². The number of H-pyrrole nitrogens is 2. The quantitative estimate of drug-likeness (QED) is 0.601. The fourth-order valence-electron chi connectivity index (χ4n) is 1.62. The van der Waals surface area contributed by atoms with Gasteiger partial charge >= 0.3 is 11.7 Å². The van der Waals surface area contributed by atoms with Crippen LogP contribution in [0, 0.1) is 0 Å². The van der Waals surface area contributed by atoms with Gasteiger partial charge in [0.15, 0.2) is 6.61 Å². The third kappa shape index (κ3) is 3.82. The van der Waals surface area contributed by atoms with Gasteiger partial charge in [0.1, 0.15) is 11.4 Å². The first-order valence-electron chi connectivity index (χ1n) is 6.04. The number of aromatic amines is 2. The lowest BCUT2D eigenvalue weighted by atomic mass is 10.2. The molecule has 0 saturated heterocycles. The first kappa shape index (κ1) is 15.0. The molecule has 1 aromatic carbocycles. The zero-order chi connectivity index (χ0) is 16.1. The van der Waals surface area contributed by atoms with E-state index in [2.05, 4.69) is 10.3 Å². The molecule has 9 nitrogen and oxygen atoms in total. The first-order chi connectivity index (χ1) is 10.5. The van der Waals surface area contributed by atoms with Crippen LogP contribution in [0.2, 0.25) is 0 Å². The van der Waals surface area contributed by atoms with Crippen molar-refractivity contribution in [3.63, 3.8) is 0 Å². The minimum atomic E-state index is -1.17. The lowest BCUT2D eigenvalue weighted by Gasteiger charge is -2.10. The number of carboxylic acid groups (broad SMARTS) is 1. The number of ether oxygens (including phenoxy) is 1. The zero-order valence-corrected chi connectivity index (χ0v) is 11.1. The van der Waals surface area contributed by atoms with Gasteiger partial charge in [-0.3, -0.25) is 14.6 Å². The first-order valence-corrected chi connectivity index (χ1v) is 6.04. The SMILES string of the molecule is O=C(O)COc1ccccc1NC(=O)c1cc(=O)[nH]c(=O)[nH]1. The Morgan fingerprint density at radius 2 is 1.91 bits per heavy atom. The number of benzene rings is 1. The second-order valence-corrected chi connectivity index (χ2v) is 4.13. The molecule has 1 heterocycles. The topological polar surface area (TPSA) is 141 Å². The maximum Gasteiger partial charge on any atom is 0.341 e. The molecule has 22 heavy (non-hydrogen) atoms. The van der Waals surface area contributed by atoms with E-state index in [1.165, 1.54) is 12.1 Å². The summed E-state index contributed by atoms with van der Waals surface area (Å²) < 4.78 is 5.03. The van der Waals surface area contributed by atoms with Gasteiger partial charge in [0, 0.05) is 6.07 Å². The van der Waals surface area contributed by atoms with Gasteiger partial charge in [-0.1, -0.05) is 12.1 Å². The lowest BCUT2D eigenvalue weighted by molar-refractivity contribution is -0.139. The molecular weight excluding hydrogens is 294 g/mol. The van der Waals surface area contributed by atoms with Crippen molar-refractivity contribution in [2.24, 2.45) is 0 Å². The summed E-state index contributed by atoms with van der Waals surface area (Å²) in [5, 5.41) is 11.0. The number of carbonyl (C=O) groups is 2. The van der Waals surface area contributed by atoms with Gasteiger partial charge in [0.2, 0.25) is 0 Å². The fourth-order valence-corrected chi connectivity index (χ4v) is 1.62. The smallest absolute Gasteiger partial charge is 0.341 e. The average Bonchev–Trinajstić information content (AvgIpc) is 2.45. The van der Waals surface area contributed by atoms with E-state index >= 15 is 0 Å². The molecule has 0 aliphatic rings. The number of rotatable bonds is 5. The molecule has 0 bridgehead atoms. The molecule has 1 aromatic heterocycles. The highest BCUT2D eigenvalue weighted by Gasteiger charge is 2.12. The number of hydrogen-bond donors (Lipinski definition) is 4. The summed E-state index contributed by atoms with van der Waals surface area (Å²) in [6.45, 7) is -0.575. The predicted molar refractivity (Wildman–Crippen MR) is 75.2 cm³/mol. The molecular formula is C13H11N3O6. The number of amides is 1. The summed E-state index contributed by atoms with van der Waals surface area (Å²) in [6, 6.07) is 7.09. The molecule has 0 unspecified atom stereocenters. The summed E-state index contributed by atoms with van der Waals surface area (Å²) in [4.78, 5) is 48.9. The van der Waals surface area contributed by atoms with Crippen LogP contribution in [-0.4, -0.2) is 33.6 Å². The predicted octanol–water partition coefficient (Wildman–Crippen LogP) is -0.221. The highest BCUT2D eigenvalue weighted by molar-refractivity contribution is 6.03. The molecule has 0 aliphatic carbocycles. The molecule has 0 fully saturated rings. The summed E-state index contributed by atoms with van der Waals surface area (Å²) in [5.74, 6) is -1.76. The van der Waals surface area contributed by atoms with Crippen LogP contribution in [0.3, 0.4) is 0 Å². The Labute approximate surface area is 122 Å². The number of aliphatic carboxylic acids is 1. The molecule has 9 heteroatoms. The standard InChI is InChI=1S/C13H11N3O6/c17-10-5-8(15-13(21)16-10)12(20)14-7-3-1-2-4-9(7)22-6-11(18)19/h1-5H,6H2,(H,14,20)(H,18,19)(H2,15,16,17,21). The van der Waals surface area contributed by atoms with Crippen LogP contribution in [0.4, 0.5) is 5.69 Å². The Bertz CT molecular complexity index is 795. The van der Waals surface area contributed by atoms with Crippen molar-refractivity contribution in [2.75, 3.05) is 11.9 Å².